The van der Waals surface area contributed by atoms with E-state index in [1.807, 2.05) is 0 Å². The Labute approximate surface area is 125 Å². The summed E-state index contributed by atoms with van der Waals surface area (Å²) >= 11 is 0. The third-order valence-corrected chi connectivity index (χ3v) is 4.85. The maximum absolute atomic E-state index is 12.7. The molecule has 0 radical (unpaired) electrons. The van der Waals surface area contributed by atoms with Crippen molar-refractivity contribution in [2.45, 2.75) is 71.0 Å². The van der Waals surface area contributed by atoms with E-state index in [1.54, 1.807) is 6.92 Å². The molecule has 0 aliphatic rings. The molecule has 0 spiro atoms. The molecule has 0 aliphatic carbocycles. The van der Waals surface area contributed by atoms with Crippen LogP contribution in [0.1, 0.15) is 46.5 Å². The first-order valence-corrected chi connectivity index (χ1v) is 8.71. The zero-order chi connectivity index (χ0) is 17.6. The lowest BCUT2D eigenvalue weighted by Gasteiger charge is -2.29. The van der Waals surface area contributed by atoms with Crippen LogP contribution in [0.2, 0.25) is 0 Å². The second kappa shape index (κ2) is 8.55. The first-order chi connectivity index (χ1) is 9.89. The van der Waals surface area contributed by atoms with Crippen molar-refractivity contribution in [3.05, 3.63) is 0 Å². The molecule has 0 rings (SSSR count). The van der Waals surface area contributed by atoms with Crippen LogP contribution < -0.4 is 0 Å². The smallest absolute Gasteiger partial charge is 0.296 e. The fraction of sp³-hybridized carbons (Fsp3) is 1.00. The average Bonchev–Trinajstić information content (AvgIpc) is 2.37. The van der Waals surface area contributed by atoms with Crippen LogP contribution in [0.25, 0.3) is 0 Å². The van der Waals surface area contributed by atoms with Crippen LogP contribution in [0.15, 0.2) is 0 Å². The van der Waals surface area contributed by atoms with Crippen LogP contribution in [0.5, 0.6) is 0 Å². The Balaban J connectivity index is 5.26. The van der Waals surface area contributed by atoms with Gasteiger partial charge in [-0.05, 0) is 19.3 Å². The summed E-state index contributed by atoms with van der Waals surface area (Å²) in [5, 5.41) is 0. The fourth-order valence-electron chi connectivity index (χ4n) is 1.60. The van der Waals surface area contributed by atoms with E-state index in [2.05, 4.69) is 9.05 Å². The van der Waals surface area contributed by atoms with Gasteiger partial charge in [0.2, 0.25) is 0 Å². The topological polar surface area (TPSA) is 35.5 Å². The van der Waals surface area contributed by atoms with E-state index < -0.39 is 51.2 Å². The van der Waals surface area contributed by atoms with Gasteiger partial charge in [-0.1, -0.05) is 27.2 Å². The highest BCUT2D eigenvalue weighted by Gasteiger charge is 2.48. The number of halogens is 6. The third kappa shape index (κ3) is 7.33. The minimum absolute atomic E-state index is 0.139. The Morgan fingerprint density at radius 1 is 0.864 bits per heavy atom. The van der Waals surface area contributed by atoms with Crippen LogP contribution >= 0.6 is 7.60 Å². The van der Waals surface area contributed by atoms with Gasteiger partial charge in [0.15, 0.2) is 12.2 Å². The Bertz CT molecular complexity index is 341. The highest BCUT2D eigenvalue weighted by atomic mass is 31.2. The molecule has 134 valence electrons. The lowest BCUT2D eigenvalue weighted by atomic mass is 10.3. The van der Waals surface area contributed by atoms with Crippen LogP contribution in [-0.4, -0.2) is 30.7 Å². The van der Waals surface area contributed by atoms with Gasteiger partial charge in [-0.2, -0.15) is 26.3 Å². The summed E-state index contributed by atoms with van der Waals surface area (Å²) in [7, 11) is -4.51. The molecule has 0 bridgehead atoms. The second-order valence-corrected chi connectivity index (χ2v) is 6.87. The van der Waals surface area contributed by atoms with Crippen molar-refractivity contribution < 1.29 is 40.0 Å². The molecule has 2 atom stereocenters. The predicted molar refractivity (Wildman–Crippen MR) is 69.8 cm³/mol. The van der Waals surface area contributed by atoms with E-state index in [9.17, 15) is 30.9 Å². The van der Waals surface area contributed by atoms with Gasteiger partial charge >= 0.3 is 19.9 Å². The Morgan fingerprint density at radius 2 is 1.23 bits per heavy atom. The van der Waals surface area contributed by atoms with Gasteiger partial charge in [0.05, 0.1) is 6.16 Å². The number of unbranched alkanes of at least 4 members (excludes halogenated alkanes) is 1. The number of hydrogen-bond donors (Lipinski definition) is 0. The van der Waals surface area contributed by atoms with Crippen LogP contribution in [0.3, 0.4) is 0 Å². The summed E-state index contributed by atoms with van der Waals surface area (Å²) in [6.07, 6.45) is -15.5. The maximum atomic E-state index is 12.7. The van der Waals surface area contributed by atoms with Gasteiger partial charge in [0.1, 0.15) is 0 Å². The average molecular weight is 358 g/mol. The first-order valence-electron chi connectivity index (χ1n) is 6.98. The van der Waals surface area contributed by atoms with Gasteiger partial charge < -0.3 is 0 Å². The van der Waals surface area contributed by atoms with Crippen molar-refractivity contribution >= 4 is 7.60 Å². The van der Waals surface area contributed by atoms with Crippen LogP contribution in [-0.2, 0) is 13.6 Å². The van der Waals surface area contributed by atoms with Gasteiger partial charge in [-0.3, -0.25) is 13.6 Å². The van der Waals surface area contributed by atoms with E-state index in [4.69, 9.17) is 0 Å². The Morgan fingerprint density at radius 3 is 1.45 bits per heavy atom. The van der Waals surface area contributed by atoms with Crippen LogP contribution in [0, 0.1) is 0 Å². The molecule has 0 aromatic carbocycles. The highest BCUT2D eigenvalue weighted by Crippen LogP contribution is 2.55. The third-order valence-electron chi connectivity index (χ3n) is 2.83. The molecule has 2 unspecified atom stereocenters. The lowest BCUT2D eigenvalue weighted by Crippen LogP contribution is -2.34. The molecule has 0 aromatic heterocycles. The molecule has 0 amide bonds. The maximum Gasteiger partial charge on any atom is 0.415 e. The van der Waals surface area contributed by atoms with Gasteiger partial charge in [0.25, 0.3) is 0 Å². The molecule has 0 aliphatic heterocycles. The summed E-state index contributed by atoms with van der Waals surface area (Å²) in [6, 6.07) is 0. The molecule has 22 heavy (non-hydrogen) atoms. The predicted octanol–water partition coefficient (Wildman–Crippen LogP) is 5.69. The number of rotatable bonds is 9. The highest BCUT2D eigenvalue weighted by molar-refractivity contribution is 7.53. The minimum Gasteiger partial charge on any atom is -0.296 e. The number of hydrogen-bond acceptors (Lipinski definition) is 3. The summed E-state index contributed by atoms with van der Waals surface area (Å²) < 4.78 is 97.6. The zero-order valence-electron chi connectivity index (χ0n) is 12.6. The van der Waals surface area contributed by atoms with E-state index in [-0.39, 0.29) is 6.42 Å². The van der Waals surface area contributed by atoms with Gasteiger partial charge in [-0.25, -0.2) is 0 Å². The summed E-state index contributed by atoms with van der Waals surface area (Å²) in [5.74, 6) is 0. The Kier molecular flexibility index (Phi) is 8.44. The normalized spacial score (nSPS) is 18.8. The molecule has 10 heteroatoms. The van der Waals surface area contributed by atoms with Gasteiger partial charge in [-0.15, -0.1) is 0 Å². The molecule has 0 heterocycles. The van der Waals surface area contributed by atoms with Crippen molar-refractivity contribution in [2.24, 2.45) is 0 Å². The lowest BCUT2D eigenvalue weighted by molar-refractivity contribution is -0.211. The van der Waals surface area contributed by atoms with Crippen molar-refractivity contribution in [3.63, 3.8) is 0 Å². The van der Waals surface area contributed by atoms with E-state index in [0.717, 1.165) is 13.8 Å². The molecular weight excluding hydrogens is 337 g/mol. The van der Waals surface area contributed by atoms with Crippen LogP contribution in [0.4, 0.5) is 26.3 Å². The molecule has 0 aromatic rings. The summed E-state index contributed by atoms with van der Waals surface area (Å²) in [6.45, 7) is 3.94. The quantitative estimate of drug-likeness (QED) is 0.392. The van der Waals surface area contributed by atoms with Crippen molar-refractivity contribution in [3.8, 4) is 0 Å². The summed E-state index contributed by atoms with van der Waals surface area (Å²) in [5.41, 5.74) is 0. The molecule has 0 N–H and O–H groups in total. The monoisotopic (exact) mass is 358 g/mol. The number of alkyl halides is 6. The second-order valence-electron chi connectivity index (χ2n) is 4.78. The summed E-state index contributed by atoms with van der Waals surface area (Å²) in [4.78, 5) is 0. The van der Waals surface area contributed by atoms with E-state index in [0.29, 0.717) is 6.42 Å². The molecule has 0 saturated heterocycles. The first kappa shape index (κ1) is 21.7. The largest absolute Gasteiger partial charge is 0.415 e. The Hall–Kier alpha value is -0.270. The molecule has 3 nitrogen and oxygen atoms in total. The fourth-order valence-corrected chi connectivity index (χ4v) is 3.88. The van der Waals surface area contributed by atoms with Crippen molar-refractivity contribution in [2.75, 3.05) is 6.16 Å². The molecular formula is C12H21F6O3P. The minimum atomic E-state index is -4.82. The zero-order valence-corrected chi connectivity index (χ0v) is 13.5. The molecule has 0 saturated carbocycles. The van der Waals surface area contributed by atoms with E-state index >= 15 is 0 Å². The molecule has 0 fully saturated rings. The SMILES string of the molecule is CCCCP(=O)(OC(CC)C(F)(F)F)OC(CC)C(F)(F)F. The van der Waals surface area contributed by atoms with Gasteiger partial charge in [0, 0.05) is 0 Å². The van der Waals surface area contributed by atoms with Crippen molar-refractivity contribution in [1.82, 2.24) is 0 Å². The van der Waals surface area contributed by atoms with Crippen molar-refractivity contribution in [1.29, 1.82) is 0 Å². The standard InChI is InChI=1S/C12H21F6O3P/c1-4-7-8-22(19,20-9(5-2)11(13,14)15)21-10(6-3)12(16,17)18/h9-10H,4-8H2,1-3H3. The van der Waals surface area contributed by atoms with E-state index in [1.165, 1.54) is 0 Å².